The zero-order chi connectivity index (χ0) is 18.3. The number of methoxy groups -OCH3 is 2. The quantitative estimate of drug-likeness (QED) is 0.209. The number of rotatable bonds is 12. The van der Waals surface area contributed by atoms with Gasteiger partial charge in [-0.2, -0.15) is 0 Å². The van der Waals surface area contributed by atoms with Gasteiger partial charge in [-0.25, -0.2) is 0 Å². The van der Waals surface area contributed by atoms with E-state index in [2.05, 4.69) is 40.6 Å². The summed E-state index contributed by atoms with van der Waals surface area (Å²) in [7, 11) is 5.57. The molecule has 0 radical (unpaired) electrons. The highest BCUT2D eigenvalue weighted by Gasteiger charge is 2.03. The lowest BCUT2D eigenvalue weighted by molar-refractivity contribution is 0.180. The van der Waals surface area contributed by atoms with Crippen molar-refractivity contribution in [2.75, 3.05) is 60.6 Å². The number of aliphatic imine (C=N–C) groups is 1. The Balaban J connectivity index is 0.00000625. The van der Waals surface area contributed by atoms with Gasteiger partial charge in [-0.1, -0.05) is 18.2 Å². The van der Waals surface area contributed by atoms with Crippen LogP contribution in [-0.2, 0) is 11.2 Å². The van der Waals surface area contributed by atoms with E-state index in [0.717, 1.165) is 63.9 Å². The van der Waals surface area contributed by atoms with Crippen molar-refractivity contribution in [2.45, 2.75) is 19.8 Å². The van der Waals surface area contributed by atoms with Crippen LogP contribution >= 0.6 is 24.0 Å². The average molecular weight is 478 g/mol. The second-order valence-corrected chi connectivity index (χ2v) is 5.90. The van der Waals surface area contributed by atoms with Crippen molar-refractivity contribution >= 4 is 29.9 Å². The molecular formula is C19H35IN4O2. The minimum absolute atomic E-state index is 0. The number of halogens is 1. The molecule has 6 nitrogen and oxygen atoms in total. The highest BCUT2D eigenvalue weighted by Crippen LogP contribution is 2.17. The topological polar surface area (TPSA) is 58.1 Å². The van der Waals surface area contributed by atoms with Gasteiger partial charge in [-0.05, 0) is 38.4 Å². The monoisotopic (exact) mass is 478 g/mol. The molecule has 0 aliphatic heterocycles. The van der Waals surface area contributed by atoms with E-state index < -0.39 is 0 Å². The SMILES string of the molecule is CCNC(=NCCN(C)CCCOC)NCCc1ccccc1OC.I. The van der Waals surface area contributed by atoms with Gasteiger partial charge < -0.3 is 25.0 Å². The lowest BCUT2D eigenvalue weighted by atomic mass is 10.1. The summed E-state index contributed by atoms with van der Waals surface area (Å²) in [4.78, 5) is 6.92. The summed E-state index contributed by atoms with van der Waals surface area (Å²) in [5.74, 6) is 1.80. The lowest BCUT2D eigenvalue weighted by Gasteiger charge is -2.16. The maximum atomic E-state index is 5.39. The summed E-state index contributed by atoms with van der Waals surface area (Å²) >= 11 is 0. The number of likely N-dealkylation sites (N-methyl/N-ethyl adjacent to an activating group) is 1. The maximum absolute atomic E-state index is 5.39. The van der Waals surface area contributed by atoms with Gasteiger partial charge in [0.15, 0.2) is 5.96 Å². The van der Waals surface area contributed by atoms with Crippen LogP contribution in [0.15, 0.2) is 29.3 Å². The summed E-state index contributed by atoms with van der Waals surface area (Å²) in [6.45, 7) is 7.29. The zero-order valence-electron chi connectivity index (χ0n) is 16.6. The second-order valence-electron chi connectivity index (χ2n) is 5.90. The van der Waals surface area contributed by atoms with Gasteiger partial charge in [0.25, 0.3) is 0 Å². The Kier molecular flexibility index (Phi) is 15.5. The van der Waals surface area contributed by atoms with Gasteiger partial charge >= 0.3 is 0 Å². The van der Waals surface area contributed by atoms with Crippen molar-refractivity contribution in [1.29, 1.82) is 0 Å². The molecule has 26 heavy (non-hydrogen) atoms. The normalized spacial score (nSPS) is 11.2. The molecule has 0 saturated carbocycles. The Labute approximate surface area is 175 Å². The van der Waals surface area contributed by atoms with Crippen LogP contribution in [0.2, 0.25) is 0 Å². The lowest BCUT2D eigenvalue weighted by Crippen LogP contribution is -2.39. The van der Waals surface area contributed by atoms with E-state index in [4.69, 9.17) is 9.47 Å². The number of nitrogens with one attached hydrogen (secondary N) is 2. The van der Waals surface area contributed by atoms with Crippen LogP contribution in [0.1, 0.15) is 18.9 Å². The third kappa shape index (κ3) is 10.8. The number of ether oxygens (including phenoxy) is 2. The number of guanidine groups is 1. The van der Waals surface area contributed by atoms with E-state index in [1.165, 1.54) is 5.56 Å². The Hall–Kier alpha value is -1.06. The summed E-state index contributed by atoms with van der Waals surface area (Å²) in [6.07, 6.45) is 1.94. The first-order chi connectivity index (χ1) is 12.2. The van der Waals surface area contributed by atoms with Gasteiger partial charge in [0.1, 0.15) is 5.75 Å². The fraction of sp³-hybridized carbons (Fsp3) is 0.632. The van der Waals surface area contributed by atoms with Crippen LogP contribution in [0.25, 0.3) is 0 Å². The Bertz CT molecular complexity index is 500. The highest BCUT2D eigenvalue weighted by molar-refractivity contribution is 14.0. The molecule has 1 aromatic carbocycles. The largest absolute Gasteiger partial charge is 0.496 e. The molecule has 0 fully saturated rings. The molecule has 2 N–H and O–H groups in total. The Morgan fingerprint density at radius 2 is 1.92 bits per heavy atom. The Morgan fingerprint density at radius 1 is 1.15 bits per heavy atom. The van der Waals surface area contributed by atoms with E-state index in [1.807, 2.05) is 18.2 Å². The van der Waals surface area contributed by atoms with Crippen molar-refractivity contribution in [2.24, 2.45) is 4.99 Å². The van der Waals surface area contributed by atoms with Crippen molar-refractivity contribution in [3.8, 4) is 5.75 Å². The predicted octanol–water partition coefficient (Wildman–Crippen LogP) is 2.38. The van der Waals surface area contributed by atoms with E-state index in [1.54, 1.807) is 14.2 Å². The van der Waals surface area contributed by atoms with Crippen LogP contribution in [0.4, 0.5) is 0 Å². The predicted molar refractivity (Wildman–Crippen MR) is 120 cm³/mol. The molecule has 1 rings (SSSR count). The van der Waals surface area contributed by atoms with Gasteiger partial charge in [-0.15, -0.1) is 24.0 Å². The highest BCUT2D eigenvalue weighted by atomic mass is 127. The minimum Gasteiger partial charge on any atom is -0.496 e. The van der Waals surface area contributed by atoms with Crippen LogP contribution in [-0.4, -0.2) is 71.5 Å². The molecule has 0 unspecified atom stereocenters. The van der Waals surface area contributed by atoms with Gasteiger partial charge in [0.05, 0.1) is 13.7 Å². The maximum Gasteiger partial charge on any atom is 0.191 e. The molecule has 1 aromatic rings. The van der Waals surface area contributed by atoms with Crippen molar-refractivity contribution < 1.29 is 9.47 Å². The molecule has 150 valence electrons. The third-order valence-electron chi connectivity index (χ3n) is 3.86. The van der Waals surface area contributed by atoms with Crippen LogP contribution in [0.3, 0.4) is 0 Å². The van der Waals surface area contributed by atoms with Crippen molar-refractivity contribution in [3.63, 3.8) is 0 Å². The van der Waals surface area contributed by atoms with Crippen molar-refractivity contribution in [1.82, 2.24) is 15.5 Å². The number of benzene rings is 1. The second kappa shape index (κ2) is 16.1. The molecule has 0 aromatic heterocycles. The third-order valence-corrected chi connectivity index (χ3v) is 3.86. The summed E-state index contributed by atoms with van der Waals surface area (Å²) in [5.41, 5.74) is 1.20. The molecule has 0 aliphatic rings. The molecule has 7 heteroatoms. The molecule has 0 atom stereocenters. The van der Waals surface area contributed by atoms with Crippen LogP contribution in [0.5, 0.6) is 5.75 Å². The number of nitrogens with zero attached hydrogens (tertiary/aromatic N) is 2. The van der Waals surface area contributed by atoms with E-state index in [-0.39, 0.29) is 24.0 Å². The molecule has 0 saturated heterocycles. The summed E-state index contributed by atoms with van der Waals surface area (Å²) in [6, 6.07) is 8.12. The van der Waals surface area contributed by atoms with E-state index in [0.29, 0.717) is 0 Å². The Morgan fingerprint density at radius 3 is 2.62 bits per heavy atom. The van der Waals surface area contributed by atoms with Gasteiger partial charge in [0.2, 0.25) is 0 Å². The molecule has 0 bridgehead atoms. The number of para-hydroxylation sites is 1. The van der Waals surface area contributed by atoms with Crippen LogP contribution < -0.4 is 15.4 Å². The van der Waals surface area contributed by atoms with Gasteiger partial charge in [-0.3, -0.25) is 4.99 Å². The van der Waals surface area contributed by atoms with Crippen LogP contribution in [0, 0.1) is 0 Å². The van der Waals surface area contributed by atoms with Gasteiger partial charge in [0, 0.05) is 39.9 Å². The summed E-state index contributed by atoms with van der Waals surface area (Å²) < 4.78 is 10.5. The fourth-order valence-corrected chi connectivity index (χ4v) is 2.49. The molecular weight excluding hydrogens is 443 g/mol. The fourth-order valence-electron chi connectivity index (χ4n) is 2.49. The number of hydrogen-bond acceptors (Lipinski definition) is 4. The number of hydrogen-bond donors (Lipinski definition) is 2. The smallest absolute Gasteiger partial charge is 0.191 e. The first-order valence-electron chi connectivity index (χ1n) is 9.02. The first kappa shape index (κ1) is 24.9. The van der Waals surface area contributed by atoms with E-state index >= 15 is 0 Å². The minimum atomic E-state index is 0. The molecule has 0 amide bonds. The summed E-state index contributed by atoms with van der Waals surface area (Å²) in [5, 5.41) is 6.68. The standard InChI is InChI=1S/C19H34N4O2.HI/c1-5-20-19(22-13-15-23(2)14-8-16-24-3)21-12-11-17-9-6-7-10-18(17)25-4;/h6-7,9-10H,5,8,11-16H2,1-4H3,(H2,20,21,22);1H. The van der Waals surface area contributed by atoms with E-state index in [9.17, 15) is 0 Å². The van der Waals surface area contributed by atoms with Crippen molar-refractivity contribution in [3.05, 3.63) is 29.8 Å². The molecule has 0 aliphatic carbocycles. The first-order valence-corrected chi connectivity index (χ1v) is 9.02. The average Bonchev–Trinajstić information content (AvgIpc) is 2.62. The molecule has 0 spiro atoms. The zero-order valence-corrected chi connectivity index (χ0v) is 18.9. The molecule has 0 heterocycles.